The number of carbonyl (C=O) groups excluding carboxylic acids is 2. The number of amides is 2. The van der Waals surface area contributed by atoms with Gasteiger partial charge in [-0.2, -0.15) is 4.37 Å². The van der Waals surface area contributed by atoms with E-state index in [0.717, 1.165) is 23.2 Å². The molecule has 16 nitrogen and oxygen atoms in total. The van der Waals surface area contributed by atoms with Gasteiger partial charge in [0.15, 0.2) is 11.0 Å². The number of carboxylic acids is 1. The van der Waals surface area contributed by atoms with Gasteiger partial charge < -0.3 is 16.2 Å². The van der Waals surface area contributed by atoms with Crippen LogP contribution in [0.3, 0.4) is 0 Å². The number of carboxylic acid groups (broad SMARTS) is 1. The lowest BCUT2D eigenvalue weighted by molar-refractivity contribution is -0.382. The van der Waals surface area contributed by atoms with Crippen molar-refractivity contribution in [2.24, 2.45) is 0 Å². The van der Waals surface area contributed by atoms with E-state index in [2.05, 4.69) is 30.2 Å². The summed E-state index contributed by atoms with van der Waals surface area (Å²) in [5.74, 6) is -1.72. The molecule has 4 rings (SSSR count). The van der Waals surface area contributed by atoms with E-state index < -0.39 is 35.2 Å². The molecule has 2 aromatic rings. The van der Waals surface area contributed by atoms with Gasteiger partial charge >= 0.3 is 5.97 Å². The van der Waals surface area contributed by atoms with E-state index in [0.29, 0.717) is 28.8 Å². The van der Waals surface area contributed by atoms with Crippen molar-refractivity contribution < 1.29 is 29.2 Å². The van der Waals surface area contributed by atoms with Gasteiger partial charge in [-0.1, -0.05) is 18.7 Å². The smallest absolute Gasteiger partial charge is 0.352 e. The maximum absolute atomic E-state index is 13.4. The highest BCUT2D eigenvalue weighted by Crippen LogP contribution is 2.41. The molecule has 39 heavy (non-hydrogen) atoms. The number of hydroxylamine groups is 2. The molecule has 212 valence electrons. The van der Waals surface area contributed by atoms with Crippen LogP contribution in [0.1, 0.15) is 39.1 Å². The Labute approximate surface area is 235 Å². The van der Waals surface area contributed by atoms with Crippen LogP contribution in [0, 0.1) is 0 Å². The average molecular weight is 601 g/mol. The van der Waals surface area contributed by atoms with Crippen LogP contribution in [0.4, 0.5) is 5.13 Å². The molecule has 4 N–H and O–H groups in total. The zero-order chi connectivity index (χ0) is 28.1. The van der Waals surface area contributed by atoms with Gasteiger partial charge in [0.1, 0.15) is 17.1 Å². The van der Waals surface area contributed by atoms with Crippen LogP contribution in [0.25, 0.3) is 0 Å². The SMILES string of the molecule is CCCn1nnnc1SCC1=C(C(=O)O)N2C(=O)C(NC(=O)C(c3nsc(N)n3)N(OCC)OCC)[C@@H]2SC1. The van der Waals surface area contributed by atoms with Crippen molar-refractivity contribution in [2.75, 3.05) is 30.5 Å². The number of fused-ring (bicyclic) bond motifs is 1. The summed E-state index contributed by atoms with van der Waals surface area (Å²) < 4.78 is 5.77. The first kappa shape index (κ1) is 29.2. The van der Waals surface area contributed by atoms with E-state index >= 15 is 0 Å². The lowest BCUT2D eigenvalue weighted by atomic mass is 10.0. The van der Waals surface area contributed by atoms with E-state index in [9.17, 15) is 19.5 Å². The summed E-state index contributed by atoms with van der Waals surface area (Å²) >= 11 is 3.57. The van der Waals surface area contributed by atoms with Crippen molar-refractivity contribution >= 4 is 58.0 Å². The highest BCUT2D eigenvalue weighted by Gasteiger charge is 2.55. The van der Waals surface area contributed by atoms with E-state index in [4.69, 9.17) is 15.4 Å². The van der Waals surface area contributed by atoms with Crippen LogP contribution in [0.5, 0.6) is 0 Å². The van der Waals surface area contributed by atoms with Gasteiger partial charge in [-0.25, -0.2) is 14.5 Å². The largest absolute Gasteiger partial charge is 0.477 e. The first-order valence-electron chi connectivity index (χ1n) is 12.0. The molecule has 2 unspecified atom stereocenters. The van der Waals surface area contributed by atoms with Crippen molar-refractivity contribution in [3.8, 4) is 0 Å². The molecule has 0 bridgehead atoms. The minimum atomic E-state index is -1.25. The third kappa shape index (κ3) is 6.17. The van der Waals surface area contributed by atoms with E-state index in [1.165, 1.54) is 28.4 Å². The van der Waals surface area contributed by atoms with Crippen molar-refractivity contribution in [1.82, 2.24) is 45.0 Å². The fourth-order valence-electron chi connectivity index (χ4n) is 3.94. The van der Waals surface area contributed by atoms with Crippen LogP contribution in [-0.2, 0) is 30.6 Å². The Morgan fingerprint density at radius 3 is 2.67 bits per heavy atom. The second-order valence-corrected chi connectivity index (χ2v) is 11.0. The highest BCUT2D eigenvalue weighted by molar-refractivity contribution is 8.01. The summed E-state index contributed by atoms with van der Waals surface area (Å²) in [6.45, 7) is 6.45. The van der Waals surface area contributed by atoms with Crippen LogP contribution >= 0.6 is 35.1 Å². The maximum atomic E-state index is 13.4. The summed E-state index contributed by atoms with van der Waals surface area (Å²) in [5, 5.41) is 25.4. The average Bonchev–Trinajstić information content (AvgIpc) is 3.54. The molecule has 1 saturated heterocycles. The Bertz CT molecular complexity index is 1230. The molecule has 0 aliphatic carbocycles. The summed E-state index contributed by atoms with van der Waals surface area (Å²) in [6, 6.07) is -2.21. The lowest BCUT2D eigenvalue weighted by Gasteiger charge is -2.49. The number of hydrogen-bond donors (Lipinski definition) is 3. The minimum Gasteiger partial charge on any atom is -0.477 e. The molecule has 2 aromatic heterocycles. The number of anilines is 1. The second-order valence-electron chi connectivity index (χ2n) is 8.14. The Balaban J connectivity index is 1.50. The molecule has 19 heteroatoms. The molecule has 0 aromatic carbocycles. The number of rotatable bonds is 14. The Kier molecular flexibility index (Phi) is 9.72. The predicted octanol–water partition coefficient (Wildman–Crippen LogP) is 0.294. The monoisotopic (exact) mass is 600 g/mol. The number of nitrogens with two attached hydrogens (primary N) is 1. The fourth-order valence-corrected chi connectivity index (χ4v) is 6.79. The summed E-state index contributed by atoms with van der Waals surface area (Å²) in [4.78, 5) is 55.0. The normalized spacial score (nSPS) is 19.7. The number of nitrogen functional groups attached to an aromatic ring is 1. The van der Waals surface area contributed by atoms with Crippen LogP contribution in [0.2, 0.25) is 0 Å². The van der Waals surface area contributed by atoms with Crippen LogP contribution in [-0.4, -0.2) is 98.7 Å². The van der Waals surface area contributed by atoms with Crippen LogP contribution in [0.15, 0.2) is 16.4 Å². The number of nitrogens with zero attached hydrogens (tertiary/aromatic N) is 8. The number of carbonyl (C=O) groups is 3. The number of nitrogens with one attached hydrogen (secondary N) is 1. The maximum Gasteiger partial charge on any atom is 0.352 e. The molecule has 3 atom stereocenters. The highest BCUT2D eigenvalue weighted by atomic mass is 32.2. The predicted molar refractivity (Wildman–Crippen MR) is 141 cm³/mol. The van der Waals surface area contributed by atoms with E-state index in [1.807, 2.05) is 6.92 Å². The number of aryl methyl sites for hydroxylation is 1. The lowest BCUT2D eigenvalue weighted by Crippen LogP contribution is -2.71. The van der Waals surface area contributed by atoms with E-state index in [1.54, 1.807) is 18.5 Å². The quantitative estimate of drug-likeness (QED) is 0.151. The van der Waals surface area contributed by atoms with Gasteiger partial charge in [-0.3, -0.25) is 24.2 Å². The zero-order valence-electron chi connectivity index (χ0n) is 21.3. The topological polar surface area (TPSA) is 204 Å². The number of aliphatic carboxylic acids is 1. The van der Waals surface area contributed by atoms with Crippen molar-refractivity contribution in [1.29, 1.82) is 0 Å². The number of hydrogen-bond acceptors (Lipinski definition) is 15. The summed E-state index contributed by atoms with van der Waals surface area (Å²) in [7, 11) is 0. The summed E-state index contributed by atoms with van der Waals surface area (Å²) in [6.07, 6.45) is 0.842. The molecule has 2 amide bonds. The molecule has 4 heterocycles. The Morgan fingerprint density at radius 1 is 1.31 bits per heavy atom. The molecular formula is C20H28N10O6S3. The second kappa shape index (κ2) is 13.0. The number of tetrazole rings is 1. The standard InChI is InChI=1S/C20H28N10O6S3/c1-4-7-28-20(24-26-27-28)38-9-10-8-37-17-11(16(32)29(17)12(10)18(33)34)22-15(31)13(14-23-19(21)39-25-14)30(35-5-2)36-6-3/h11,13,17H,4-9H2,1-3H3,(H,22,31)(H,33,34)(H2,21,23,25)/t11?,13?,17-/m0/s1. The molecule has 2 aliphatic heterocycles. The first-order valence-corrected chi connectivity index (χ1v) is 14.8. The number of aromatic nitrogens is 6. The van der Waals surface area contributed by atoms with Gasteiger partial charge in [0.25, 0.3) is 11.8 Å². The minimum absolute atomic E-state index is 0.0488. The van der Waals surface area contributed by atoms with Gasteiger partial charge in [-0.15, -0.1) is 16.9 Å². The van der Waals surface area contributed by atoms with Crippen LogP contribution < -0.4 is 11.1 Å². The van der Waals surface area contributed by atoms with E-state index in [-0.39, 0.29) is 29.9 Å². The molecule has 1 fully saturated rings. The van der Waals surface area contributed by atoms with Crippen molar-refractivity contribution in [3.63, 3.8) is 0 Å². The van der Waals surface area contributed by atoms with Crippen molar-refractivity contribution in [3.05, 3.63) is 17.1 Å². The number of β-lactam (4-membered cyclic amide) rings is 1. The first-order chi connectivity index (χ1) is 18.8. The van der Waals surface area contributed by atoms with Gasteiger partial charge in [-0.05, 0) is 41.5 Å². The molecule has 0 saturated carbocycles. The zero-order valence-corrected chi connectivity index (χ0v) is 23.8. The molecule has 2 aliphatic rings. The number of thioether (sulfide) groups is 2. The molecule has 0 spiro atoms. The van der Waals surface area contributed by atoms with Gasteiger partial charge in [0.05, 0.1) is 13.2 Å². The third-order valence-electron chi connectivity index (χ3n) is 5.53. The van der Waals surface area contributed by atoms with Crippen molar-refractivity contribution in [2.45, 2.75) is 56.4 Å². The Morgan fingerprint density at radius 2 is 2.05 bits per heavy atom. The molecule has 0 radical (unpaired) electrons. The summed E-state index contributed by atoms with van der Waals surface area (Å²) in [5.41, 5.74) is 6.20. The molecular weight excluding hydrogens is 572 g/mol. The van der Waals surface area contributed by atoms with Gasteiger partial charge in [0, 0.05) is 29.6 Å². The third-order valence-corrected chi connectivity index (χ3v) is 8.47. The fraction of sp³-hybridized carbons (Fsp3) is 0.600. The Hall–Kier alpha value is -2.84. The van der Waals surface area contributed by atoms with Gasteiger partial charge in [0.2, 0.25) is 11.2 Å².